The van der Waals surface area contributed by atoms with E-state index in [9.17, 15) is 31.5 Å². The molecule has 1 N–H and O–H groups in total. The Morgan fingerprint density at radius 2 is 1.65 bits per heavy atom. The van der Waals surface area contributed by atoms with Crippen molar-refractivity contribution in [2.75, 3.05) is 13.1 Å². The Morgan fingerprint density at radius 1 is 1.03 bits per heavy atom. The molecule has 1 atom stereocenters. The summed E-state index contributed by atoms with van der Waals surface area (Å²) >= 11 is 0. The van der Waals surface area contributed by atoms with E-state index >= 15 is 0 Å². The second-order valence-electron chi connectivity index (χ2n) is 7.54. The summed E-state index contributed by atoms with van der Waals surface area (Å²) in [5.41, 5.74) is -0.439. The van der Waals surface area contributed by atoms with Crippen LogP contribution in [0.3, 0.4) is 0 Å². The molecular formula is C22H21F5N2O2. The largest absolute Gasteiger partial charge is 0.416 e. The van der Waals surface area contributed by atoms with E-state index in [-0.39, 0.29) is 30.5 Å². The Labute approximate surface area is 176 Å². The van der Waals surface area contributed by atoms with E-state index in [0.717, 1.165) is 24.3 Å². The maximum Gasteiger partial charge on any atom is 0.416 e. The molecular weight excluding hydrogens is 419 g/mol. The number of halogens is 5. The van der Waals surface area contributed by atoms with Crippen molar-refractivity contribution < 1.29 is 31.5 Å². The summed E-state index contributed by atoms with van der Waals surface area (Å²) in [7, 11) is 0. The molecule has 0 radical (unpaired) electrons. The zero-order valence-electron chi connectivity index (χ0n) is 16.7. The fraction of sp³-hybridized carbons (Fsp3) is 0.364. The fourth-order valence-corrected chi connectivity index (χ4v) is 3.55. The molecule has 166 valence electrons. The van der Waals surface area contributed by atoms with Crippen molar-refractivity contribution in [3.63, 3.8) is 0 Å². The van der Waals surface area contributed by atoms with E-state index in [1.54, 1.807) is 6.92 Å². The van der Waals surface area contributed by atoms with Crippen LogP contribution in [0.25, 0.3) is 0 Å². The van der Waals surface area contributed by atoms with Gasteiger partial charge in [0.25, 0.3) is 5.91 Å². The lowest BCUT2D eigenvalue weighted by Gasteiger charge is -2.32. The Kier molecular flexibility index (Phi) is 6.62. The minimum Gasteiger partial charge on any atom is -0.349 e. The number of hydrogen-bond acceptors (Lipinski definition) is 2. The molecule has 2 aromatic carbocycles. The number of benzene rings is 2. The molecule has 1 saturated heterocycles. The van der Waals surface area contributed by atoms with Crippen LogP contribution in [-0.4, -0.2) is 29.8 Å². The summed E-state index contributed by atoms with van der Waals surface area (Å²) in [5.74, 6) is -2.90. The van der Waals surface area contributed by atoms with E-state index in [0.29, 0.717) is 24.5 Å². The molecule has 1 fully saturated rings. The smallest absolute Gasteiger partial charge is 0.349 e. The molecule has 0 aliphatic carbocycles. The van der Waals surface area contributed by atoms with Crippen molar-refractivity contribution in [2.45, 2.75) is 32.0 Å². The highest BCUT2D eigenvalue weighted by Gasteiger charge is 2.31. The van der Waals surface area contributed by atoms with Crippen molar-refractivity contribution >= 4 is 11.8 Å². The molecule has 0 aromatic heterocycles. The van der Waals surface area contributed by atoms with Crippen molar-refractivity contribution in [3.05, 3.63) is 70.8 Å². The van der Waals surface area contributed by atoms with Crippen molar-refractivity contribution in [2.24, 2.45) is 5.92 Å². The molecule has 9 heteroatoms. The molecule has 31 heavy (non-hydrogen) atoms. The number of hydrogen-bond donors (Lipinski definition) is 1. The van der Waals surface area contributed by atoms with E-state index < -0.39 is 35.3 Å². The van der Waals surface area contributed by atoms with Gasteiger partial charge in [-0.1, -0.05) is 12.1 Å². The van der Waals surface area contributed by atoms with Crippen LogP contribution < -0.4 is 5.32 Å². The second kappa shape index (κ2) is 9.03. The highest BCUT2D eigenvalue weighted by atomic mass is 19.4. The first-order valence-electron chi connectivity index (χ1n) is 9.78. The van der Waals surface area contributed by atoms with Gasteiger partial charge in [0, 0.05) is 25.1 Å². The van der Waals surface area contributed by atoms with E-state index in [4.69, 9.17) is 0 Å². The number of alkyl halides is 3. The van der Waals surface area contributed by atoms with E-state index in [2.05, 4.69) is 5.32 Å². The summed E-state index contributed by atoms with van der Waals surface area (Å²) in [6, 6.07) is 6.86. The molecule has 2 amide bonds. The van der Waals surface area contributed by atoms with Crippen LogP contribution in [0, 0.1) is 17.6 Å². The monoisotopic (exact) mass is 440 g/mol. The maximum absolute atomic E-state index is 13.8. The Hall–Kier alpha value is -2.97. The summed E-state index contributed by atoms with van der Waals surface area (Å²) in [6.45, 7) is 2.15. The molecule has 0 spiro atoms. The van der Waals surface area contributed by atoms with Crippen LogP contribution in [0.15, 0.2) is 42.5 Å². The molecule has 0 saturated carbocycles. The predicted molar refractivity (Wildman–Crippen MR) is 103 cm³/mol. The normalized spacial score (nSPS) is 16.1. The third kappa shape index (κ3) is 5.39. The van der Waals surface area contributed by atoms with Crippen LogP contribution >= 0.6 is 0 Å². The van der Waals surface area contributed by atoms with Gasteiger partial charge in [0.1, 0.15) is 11.6 Å². The van der Waals surface area contributed by atoms with Gasteiger partial charge in [-0.3, -0.25) is 9.59 Å². The molecule has 1 aliphatic rings. The second-order valence-corrected chi connectivity index (χ2v) is 7.54. The first kappa shape index (κ1) is 22.7. The number of carbonyl (C=O) groups excluding carboxylic acids is 2. The van der Waals surface area contributed by atoms with Crippen LogP contribution in [0.4, 0.5) is 22.0 Å². The Bertz CT molecular complexity index is 951. The minimum absolute atomic E-state index is 0.222. The molecule has 2 aromatic rings. The molecule has 1 unspecified atom stereocenters. The number of nitrogens with one attached hydrogen (secondary N) is 1. The van der Waals surface area contributed by atoms with Gasteiger partial charge in [-0.2, -0.15) is 13.2 Å². The minimum atomic E-state index is -4.42. The number of piperidine rings is 1. The van der Waals surface area contributed by atoms with Gasteiger partial charge in [-0.05, 0) is 49.6 Å². The lowest BCUT2D eigenvalue weighted by atomic mass is 9.94. The van der Waals surface area contributed by atoms with E-state index in [1.165, 1.54) is 17.0 Å². The average Bonchev–Trinajstić information content (AvgIpc) is 2.73. The molecule has 1 heterocycles. The third-order valence-electron chi connectivity index (χ3n) is 5.41. The molecule has 0 bridgehead atoms. The van der Waals surface area contributed by atoms with Crippen LogP contribution in [0.5, 0.6) is 0 Å². The fourth-order valence-electron chi connectivity index (χ4n) is 3.55. The van der Waals surface area contributed by atoms with E-state index in [1.807, 2.05) is 0 Å². The van der Waals surface area contributed by atoms with Crippen molar-refractivity contribution in [1.82, 2.24) is 10.2 Å². The van der Waals surface area contributed by atoms with Gasteiger partial charge >= 0.3 is 6.18 Å². The molecule has 3 rings (SSSR count). The Balaban J connectivity index is 1.54. The number of likely N-dealkylation sites (tertiary alicyclic amines) is 1. The van der Waals surface area contributed by atoms with Gasteiger partial charge in [-0.15, -0.1) is 0 Å². The number of carbonyl (C=O) groups is 2. The quantitative estimate of drug-likeness (QED) is 0.700. The highest BCUT2D eigenvalue weighted by Crippen LogP contribution is 2.30. The highest BCUT2D eigenvalue weighted by molar-refractivity contribution is 5.94. The summed E-state index contributed by atoms with van der Waals surface area (Å²) in [5, 5.41) is 2.79. The third-order valence-corrected chi connectivity index (χ3v) is 5.41. The standard InChI is InChI=1S/C22H21F5N2O2/c1-13(14-2-4-16(5-3-14)22(25,26)27)28-20(30)15-8-10-29(11-9-15)21(31)18-7-6-17(23)12-19(18)24/h2-7,12-13,15H,8-11H2,1H3,(H,28,30). The van der Waals surface area contributed by atoms with Crippen LogP contribution in [0.2, 0.25) is 0 Å². The summed E-state index contributed by atoms with van der Waals surface area (Å²) in [4.78, 5) is 26.4. The van der Waals surface area contributed by atoms with Crippen LogP contribution in [-0.2, 0) is 11.0 Å². The summed E-state index contributed by atoms with van der Waals surface area (Å²) in [6.07, 6.45) is -3.70. The Morgan fingerprint density at radius 3 is 2.19 bits per heavy atom. The lowest BCUT2D eigenvalue weighted by molar-refractivity contribution is -0.137. The zero-order chi connectivity index (χ0) is 22.8. The van der Waals surface area contributed by atoms with Gasteiger partial charge in [-0.25, -0.2) is 8.78 Å². The first-order chi connectivity index (χ1) is 14.6. The zero-order valence-corrected chi connectivity index (χ0v) is 16.7. The van der Waals surface area contributed by atoms with Crippen molar-refractivity contribution in [1.29, 1.82) is 0 Å². The lowest BCUT2D eigenvalue weighted by Crippen LogP contribution is -2.43. The van der Waals surface area contributed by atoms with Crippen molar-refractivity contribution in [3.8, 4) is 0 Å². The van der Waals surface area contributed by atoms with Crippen LogP contribution in [0.1, 0.15) is 47.3 Å². The predicted octanol–water partition coefficient (Wildman–Crippen LogP) is 4.71. The average molecular weight is 440 g/mol. The first-order valence-corrected chi connectivity index (χ1v) is 9.78. The van der Waals surface area contributed by atoms with Gasteiger partial charge in [0.2, 0.25) is 5.91 Å². The number of amides is 2. The SMILES string of the molecule is CC(NC(=O)C1CCN(C(=O)c2ccc(F)cc2F)CC1)c1ccc(C(F)(F)F)cc1. The van der Waals surface area contributed by atoms with Gasteiger partial charge < -0.3 is 10.2 Å². The van der Waals surface area contributed by atoms with Gasteiger partial charge in [0.15, 0.2) is 0 Å². The summed E-state index contributed by atoms with van der Waals surface area (Å²) < 4.78 is 64.9. The number of nitrogens with zero attached hydrogens (tertiary/aromatic N) is 1. The maximum atomic E-state index is 13.8. The molecule has 1 aliphatic heterocycles. The number of rotatable bonds is 4. The van der Waals surface area contributed by atoms with Gasteiger partial charge in [0.05, 0.1) is 17.2 Å². The topological polar surface area (TPSA) is 49.4 Å². The molecule has 4 nitrogen and oxygen atoms in total.